The van der Waals surface area contributed by atoms with E-state index in [4.69, 9.17) is 5.73 Å². The van der Waals surface area contributed by atoms with Crippen LogP contribution < -0.4 is 10.5 Å². The highest BCUT2D eigenvalue weighted by molar-refractivity contribution is 9.10. The number of nitrogens with two attached hydrogens (primary N) is 1. The number of nitrogen functional groups attached to an aromatic ring is 1. The third-order valence-electron chi connectivity index (χ3n) is 2.18. The standard InChI is InChI=1S/C9H7BrF2N4O2S/c10-4-1-6(12)7(2-5(4)11)16-19(17,18)8-3-14-15-9(8)13/h1-3,16H,(H3,13,14,15). The van der Waals surface area contributed by atoms with Gasteiger partial charge in [0, 0.05) is 6.07 Å². The third-order valence-corrected chi connectivity index (χ3v) is 4.18. The predicted molar refractivity (Wildman–Crippen MR) is 67.9 cm³/mol. The number of benzene rings is 1. The Bertz CT molecular complexity index is 732. The summed E-state index contributed by atoms with van der Waals surface area (Å²) >= 11 is 2.78. The van der Waals surface area contributed by atoms with Crippen molar-refractivity contribution in [2.75, 3.05) is 10.5 Å². The predicted octanol–water partition coefficient (Wildman–Crippen LogP) is 1.83. The molecule has 0 saturated carbocycles. The highest BCUT2D eigenvalue weighted by Crippen LogP contribution is 2.26. The number of hydrogen-bond acceptors (Lipinski definition) is 4. The quantitative estimate of drug-likeness (QED) is 0.733. The zero-order valence-electron chi connectivity index (χ0n) is 9.12. The van der Waals surface area contributed by atoms with E-state index in [1.54, 1.807) is 0 Å². The molecule has 0 aliphatic rings. The van der Waals surface area contributed by atoms with Crippen LogP contribution in [0.3, 0.4) is 0 Å². The number of anilines is 2. The van der Waals surface area contributed by atoms with E-state index in [1.807, 2.05) is 4.72 Å². The summed E-state index contributed by atoms with van der Waals surface area (Å²) in [6, 6.07) is 1.53. The van der Waals surface area contributed by atoms with Crippen LogP contribution in [0.25, 0.3) is 0 Å². The molecule has 0 radical (unpaired) electrons. The van der Waals surface area contributed by atoms with Crippen LogP contribution in [0.1, 0.15) is 0 Å². The molecule has 4 N–H and O–H groups in total. The van der Waals surface area contributed by atoms with Gasteiger partial charge in [0.2, 0.25) is 0 Å². The Morgan fingerprint density at radius 3 is 2.58 bits per heavy atom. The molecule has 0 amide bonds. The summed E-state index contributed by atoms with van der Waals surface area (Å²) in [6.45, 7) is 0. The topological polar surface area (TPSA) is 101 Å². The van der Waals surface area contributed by atoms with Crippen LogP contribution in [0.2, 0.25) is 0 Å². The molecule has 10 heteroatoms. The summed E-state index contributed by atoms with van der Waals surface area (Å²) in [4.78, 5) is -0.352. The molecule has 0 saturated heterocycles. The Morgan fingerprint density at radius 2 is 2.00 bits per heavy atom. The van der Waals surface area contributed by atoms with Crippen molar-refractivity contribution in [3.05, 3.63) is 34.4 Å². The molecule has 0 aliphatic heterocycles. The molecule has 0 aliphatic carbocycles. The van der Waals surface area contributed by atoms with Gasteiger partial charge in [0.25, 0.3) is 10.0 Å². The van der Waals surface area contributed by atoms with Crippen molar-refractivity contribution < 1.29 is 17.2 Å². The fraction of sp³-hybridized carbons (Fsp3) is 0. The molecule has 0 unspecified atom stereocenters. The molecule has 102 valence electrons. The largest absolute Gasteiger partial charge is 0.383 e. The van der Waals surface area contributed by atoms with Crippen LogP contribution >= 0.6 is 15.9 Å². The molecule has 0 fully saturated rings. The normalized spacial score (nSPS) is 11.5. The first-order valence-corrected chi connectivity index (χ1v) is 7.05. The molecule has 1 aromatic carbocycles. The Kier molecular flexibility index (Phi) is 3.45. The van der Waals surface area contributed by atoms with Gasteiger partial charge in [-0.05, 0) is 22.0 Å². The zero-order chi connectivity index (χ0) is 14.2. The monoisotopic (exact) mass is 352 g/mol. The minimum absolute atomic E-state index is 0.115. The van der Waals surface area contributed by atoms with E-state index in [0.717, 1.165) is 12.3 Å². The van der Waals surface area contributed by atoms with Gasteiger partial charge < -0.3 is 5.73 Å². The van der Waals surface area contributed by atoms with Crippen LogP contribution in [0.15, 0.2) is 27.7 Å². The van der Waals surface area contributed by atoms with Crippen molar-refractivity contribution in [3.63, 3.8) is 0 Å². The lowest BCUT2D eigenvalue weighted by Gasteiger charge is -2.08. The van der Waals surface area contributed by atoms with E-state index in [9.17, 15) is 17.2 Å². The van der Waals surface area contributed by atoms with Gasteiger partial charge in [0.1, 0.15) is 22.3 Å². The van der Waals surface area contributed by atoms with Crippen LogP contribution in [0.5, 0.6) is 0 Å². The van der Waals surface area contributed by atoms with E-state index in [2.05, 4.69) is 26.1 Å². The first-order chi connectivity index (χ1) is 8.81. The first kappa shape index (κ1) is 13.7. The summed E-state index contributed by atoms with van der Waals surface area (Å²) in [5.74, 6) is -1.94. The lowest BCUT2D eigenvalue weighted by Crippen LogP contribution is -2.15. The van der Waals surface area contributed by atoms with Gasteiger partial charge in [0.05, 0.1) is 16.4 Å². The van der Waals surface area contributed by atoms with Crippen LogP contribution in [0.4, 0.5) is 20.3 Å². The number of H-pyrrole nitrogens is 1. The number of nitrogens with zero attached hydrogens (tertiary/aromatic N) is 1. The molecule has 1 aromatic heterocycles. The third kappa shape index (κ3) is 2.68. The first-order valence-electron chi connectivity index (χ1n) is 4.77. The zero-order valence-corrected chi connectivity index (χ0v) is 11.5. The van der Waals surface area contributed by atoms with Crippen LogP contribution in [0, 0.1) is 11.6 Å². The maximum atomic E-state index is 13.5. The summed E-state index contributed by atoms with van der Waals surface area (Å²) in [6.07, 6.45) is 0.963. The maximum absolute atomic E-state index is 13.5. The average Bonchev–Trinajstić information content (AvgIpc) is 2.73. The average molecular weight is 353 g/mol. The molecule has 6 nitrogen and oxygen atoms in total. The van der Waals surface area contributed by atoms with Gasteiger partial charge in [-0.15, -0.1) is 0 Å². The number of rotatable bonds is 3. The Hall–Kier alpha value is -1.68. The van der Waals surface area contributed by atoms with E-state index < -0.39 is 27.3 Å². The van der Waals surface area contributed by atoms with E-state index in [-0.39, 0.29) is 15.2 Å². The SMILES string of the molecule is Nc1[nH]ncc1S(=O)(=O)Nc1cc(F)c(Br)cc1F. The number of sulfonamides is 1. The van der Waals surface area contributed by atoms with Crippen molar-refractivity contribution in [2.24, 2.45) is 0 Å². The summed E-state index contributed by atoms with van der Waals surface area (Å²) in [5.41, 5.74) is 4.83. The maximum Gasteiger partial charge on any atom is 0.267 e. The van der Waals surface area contributed by atoms with Crippen molar-refractivity contribution in [1.82, 2.24) is 10.2 Å². The van der Waals surface area contributed by atoms with Gasteiger partial charge in [-0.25, -0.2) is 17.2 Å². The van der Waals surface area contributed by atoms with Crippen molar-refractivity contribution >= 4 is 37.5 Å². The van der Waals surface area contributed by atoms with Crippen LogP contribution in [-0.2, 0) is 10.0 Å². The molecular weight excluding hydrogens is 346 g/mol. The highest BCUT2D eigenvalue weighted by atomic mass is 79.9. The molecule has 2 aromatic rings. The van der Waals surface area contributed by atoms with Gasteiger partial charge in [-0.1, -0.05) is 0 Å². The van der Waals surface area contributed by atoms with Crippen molar-refractivity contribution in [3.8, 4) is 0 Å². The Morgan fingerprint density at radius 1 is 1.32 bits per heavy atom. The molecular formula is C9H7BrF2N4O2S. The molecule has 2 rings (SSSR count). The lowest BCUT2D eigenvalue weighted by molar-refractivity contribution is 0.592. The Balaban J connectivity index is 2.42. The second-order valence-corrected chi connectivity index (χ2v) is 6.00. The van der Waals surface area contributed by atoms with E-state index >= 15 is 0 Å². The second-order valence-electron chi connectivity index (χ2n) is 3.50. The number of halogens is 3. The smallest absolute Gasteiger partial charge is 0.267 e. The van der Waals surface area contributed by atoms with Crippen molar-refractivity contribution in [1.29, 1.82) is 0 Å². The molecule has 0 atom stereocenters. The van der Waals surface area contributed by atoms with E-state index in [0.29, 0.717) is 6.07 Å². The van der Waals surface area contributed by atoms with Crippen LogP contribution in [-0.4, -0.2) is 18.6 Å². The molecule has 0 spiro atoms. The fourth-order valence-corrected chi connectivity index (χ4v) is 2.70. The van der Waals surface area contributed by atoms with Gasteiger partial charge >= 0.3 is 0 Å². The summed E-state index contributed by atoms with van der Waals surface area (Å²) < 4.78 is 52.3. The highest BCUT2D eigenvalue weighted by Gasteiger charge is 2.21. The minimum atomic E-state index is -4.14. The minimum Gasteiger partial charge on any atom is -0.383 e. The summed E-state index contributed by atoms with van der Waals surface area (Å²) in [5, 5.41) is 5.67. The number of hydrogen-bond donors (Lipinski definition) is 3. The Labute approximate surface area is 115 Å². The number of nitrogens with one attached hydrogen (secondary N) is 2. The fourth-order valence-electron chi connectivity index (χ4n) is 1.30. The lowest BCUT2D eigenvalue weighted by atomic mass is 10.3. The van der Waals surface area contributed by atoms with Gasteiger partial charge in [0.15, 0.2) is 0 Å². The van der Waals surface area contributed by atoms with E-state index in [1.165, 1.54) is 0 Å². The molecule has 0 bridgehead atoms. The van der Waals surface area contributed by atoms with Gasteiger partial charge in [-0.2, -0.15) is 5.10 Å². The molecule has 19 heavy (non-hydrogen) atoms. The number of aromatic nitrogens is 2. The second kappa shape index (κ2) is 4.78. The van der Waals surface area contributed by atoms with Crippen molar-refractivity contribution in [2.45, 2.75) is 4.90 Å². The molecule has 1 heterocycles. The van der Waals surface area contributed by atoms with Gasteiger partial charge in [-0.3, -0.25) is 9.82 Å². The number of aromatic amines is 1. The summed E-state index contributed by atoms with van der Waals surface area (Å²) in [7, 11) is -4.14.